The molecule has 6 nitrogen and oxygen atoms in total. The summed E-state index contributed by atoms with van der Waals surface area (Å²) < 4.78 is 58.4. The van der Waals surface area contributed by atoms with Crippen molar-refractivity contribution in [2.75, 3.05) is 0 Å². The third-order valence-electron chi connectivity index (χ3n) is 7.89. The van der Waals surface area contributed by atoms with Crippen LogP contribution in [0.3, 0.4) is 0 Å². The van der Waals surface area contributed by atoms with E-state index in [9.17, 15) is 22.4 Å². The average molecular weight is 658 g/mol. The Morgan fingerprint density at radius 1 is 0.809 bits per heavy atom. The van der Waals surface area contributed by atoms with E-state index in [-0.39, 0.29) is 11.4 Å². The summed E-state index contributed by atoms with van der Waals surface area (Å²) in [6, 6.07) is 21.1. The topological polar surface area (TPSA) is 57.6 Å². The second-order valence-corrected chi connectivity index (χ2v) is 12.4. The van der Waals surface area contributed by atoms with Crippen LogP contribution < -0.4 is 5.56 Å². The Kier molecular flexibility index (Phi) is 9.17. The van der Waals surface area contributed by atoms with Crippen molar-refractivity contribution in [3.05, 3.63) is 159 Å². The predicted octanol–water partition coefficient (Wildman–Crippen LogP) is 7.89. The second-order valence-electron chi connectivity index (χ2n) is 11.4. The van der Waals surface area contributed by atoms with Gasteiger partial charge >= 0.3 is 6.18 Å². The van der Waals surface area contributed by atoms with Crippen molar-refractivity contribution in [3.8, 4) is 11.1 Å². The molecule has 0 unspecified atom stereocenters. The van der Waals surface area contributed by atoms with Crippen molar-refractivity contribution in [1.29, 1.82) is 0 Å². The van der Waals surface area contributed by atoms with Crippen LogP contribution in [0.1, 0.15) is 39.3 Å². The number of thioether (sulfide) groups is 1. The van der Waals surface area contributed by atoms with Gasteiger partial charge in [0.2, 0.25) is 0 Å². The minimum Gasteiger partial charge on any atom is -0.357 e. The normalized spacial score (nSPS) is 11.7. The summed E-state index contributed by atoms with van der Waals surface area (Å²) in [4.78, 5) is 22.3. The minimum atomic E-state index is -4.38. The Bertz CT molecular complexity index is 2040. The van der Waals surface area contributed by atoms with E-state index in [1.54, 1.807) is 18.3 Å². The van der Waals surface area contributed by atoms with Crippen LogP contribution in [-0.4, -0.2) is 23.7 Å². The van der Waals surface area contributed by atoms with Gasteiger partial charge in [-0.15, -0.1) is 0 Å². The highest BCUT2D eigenvalue weighted by atomic mass is 32.2. The standard InChI is InChI=1S/C36H31F4N5OS/c1-24-18-41-33(45(24)20-25-3-7-28(8-4-25)29-9-11-31(12-10-29)36(38,39)40)22-44-21-30(17-27-15-16-43(2)19-27)34(46)42-35(44)47-23-26-5-13-32(37)14-6-26/h3-16,18-19,21H,17,20,22-23H2,1-2H3. The third kappa shape index (κ3) is 7.74. The molecule has 0 atom stereocenters. The van der Waals surface area contributed by atoms with Crippen LogP contribution in [0.4, 0.5) is 17.6 Å². The van der Waals surface area contributed by atoms with Crippen LogP contribution in [0, 0.1) is 12.7 Å². The second kappa shape index (κ2) is 13.4. The van der Waals surface area contributed by atoms with E-state index in [0.717, 1.165) is 45.9 Å². The van der Waals surface area contributed by atoms with Crippen LogP contribution in [0.5, 0.6) is 0 Å². The van der Waals surface area contributed by atoms with Crippen LogP contribution in [0.15, 0.2) is 114 Å². The van der Waals surface area contributed by atoms with E-state index >= 15 is 0 Å². The fraction of sp³-hybridized carbons (Fsp3) is 0.194. The molecule has 240 valence electrons. The number of aryl methyl sites for hydroxylation is 2. The number of benzene rings is 3. The van der Waals surface area contributed by atoms with Gasteiger partial charge in [0, 0.05) is 61.8 Å². The summed E-state index contributed by atoms with van der Waals surface area (Å²) in [6.45, 7) is 2.86. The monoisotopic (exact) mass is 657 g/mol. The van der Waals surface area contributed by atoms with E-state index in [1.165, 1.54) is 36.0 Å². The number of imidazole rings is 1. The number of hydrogen-bond acceptors (Lipinski definition) is 4. The summed E-state index contributed by atoms with van der Waals surface area (Å²) in [5, 5.41) is 0.532. The molecule has 0 radical (unpaired) electrons. The molecule has 6 aromatic rings. The highest BCUT2D eigenvalue weighted by molar-refractivity contribution is 7.98. The molecule has 6 rings (SSSR count). The average Bonchev–Trinajstić information content (AvgIpc) is 3.62. The summed E-state index contributed by atoms with van der Waals surface area (Å²) in [5.41, 5.74) is 4.97. The fourth-order valence-electron chi connectivity index (χ4n) is 5.33. The minimum absolute atomic E-state index is 0.292. The van der Waals surface area contributed by atoms with Crippen molar-refractivity contribution in [3.63, 3.8) is 0 Å². The summed E-state index contributed by atoms with van der Waals surface area (Å²) in [7, 11) is 1.93. The van der Waals surface area contributed by atoms with Crippen molar-refractivity contribution >= 4 is 11.8 Å². The lowest BCUT2D eigenvalue weighted by Crippen LogP contribution is -2.21. The maximum absolute atomic E-state index is 13.5. The van der Waals surface area contributed by atoms with E-state index in [4.69, 9.17) is 4.98 Å². The fourth-order valence-corrected chi connectivity index (χ4v) is 6.25. The van der Waals surface area contributed by atoms with Gasteiger partial charge in [0.25, 0.3) is 5.56 Å². The van der Waals surface area contributed by atoms with Crippen molar-refractivity contribution < 1.29 is 17.6 Å². The maximum Gasteiger partial charge on any atom is 0.416 e. The van der Waals surface area contributed by atoms with Crippen molar-refractivity contribution in [2.24, 2.45) is 7.05 Å². The first-order valence-electron chi connectivity index (χ1n) is 14.9. The maximum atomic E-state index is 13.5. The lowest BCUT2D eigenvalue weighted by Gasteiger charge is -2.16. The third-order valence-corrected chi connectivity index (χ3v) is 8.95. The van der Waals surface area contributed by atoms with Gasteiger partial charge in [-0.3, -0.25) is 4.79 Å². The van der Waals surface area contributed by atoms with Crippen LogP contribution >= 0.6 is 11.8 Å². The first-order valence-corrected chi connectivity index (χ1v) is 15.9. The van der Waals surface area contributed by atoms with E-state index < -0.39 is 11.7 Å². The SMILES string of the molecule is Cc1cnc(Cn2cc(Cc3ccn(C)c3)c(=O)nc2SCc2ccc(F)cc2)n1Cc1ccc(-c2ccc(C(F)(F)F)cc2)cc1. The number of alkyl halides is 3. The Hall–Kier alpha value is -4.90. The zero-order valence-electron chi connectivity index (χ0n) is 25.7. The number of rotatable bonds is 10. The van der Waals surface area contributed by atoms with Crippen LogP contribution in [-0.2, 0) is 38.5 Å². The molecule has 0 saturated carbocycles. The largest absolute Gasteiger partial charge is 0.416 e. The van der Waals surface area contributed by atoms with Crippen LogP contribution in [0.2, 0.25) is 0 Å². The van der Waals surface area contributed by atoms with Gasteiger partial charge in [-0.2, -0.15) is 18.2 Å². The van der Waals surface area contributed by atoms with Crippen molar-refractivity contribution in [1.82, 2.24) is 23.7 Å². The molecule has 0 fully saturated rings. The quantitative estimate of drug-likeness (QED) is 0.0855. The molecular formula is C36H31F4N5OS. The predicted molar refractivity (Wildman–Crippen MR) is 175 cm³/mol. The van der Waals surface area contributed by atoms with Gasteiger partial charge < -0.3 is 13.7 Å². The lowest BCUT2D eigenvalue weighted by atomic mass is 10.0. The molecule has 0 amide bonds. The molecule has 0 spiro atoms. The van der Waals surface area contributed by atoms with Gasteiger partial charge in [0.05, 0.1) is 12.1 Å². The van der Waals surface area contributed by atoms with E-state index in [0.29, 0.717) is 41.5 Å². The molecule has 0 bridgehead atoms. The van der Waals surface area contributed by atoms with Crippen molar-refractivity contribution in [2.45, 2.75) is 43.5 Å². The number of hydrogen-bond donors (Lipinski definition) is 0. The molecule has 0 N–H and O–H groups in total. The molecule has 47 heavy (non-hydrogen) atoms. The summed E-state index contributed by atoms with van der Waals surface area (Å²) >= 11 is 1.40. The molecule has 3 aromatic heterocycles. The van der Waals surface area contributed by atoms with Gasteiger partial charge in [0.1, 0.15) is 11.6 Å². The molecule has 11 heteroatoms. The molecule has 3 aromatic carbocycles. The van der Waals surface area contributed by atoms with Gasteiger partial charge in [0.15, 0.2) is 5.16 Å². The Labute approximate surface area is 273 Å². The zero-order chi connectivity index (χ0) is 33.1. The Morgan fingerprint density at radius 3 is 2.11 bits per heavy atom. The van der Waals surface area contributed by atoms with E-state index in [2.05, 4.69) is 9.55 Å². The first-order chi connectivity index (χ1) is 22.5. The number of halogens is 4. The molecule has 3 heterocycles. The Morgan fingerprint density at radius 2 is 1.47 bits per heavy atom. The number of nitrogens with zero attached hydrogens (tertiary/aromatic N) is 5. The summed E-state index contributed by atoms with van der Waals surface area (Å²) in [6.07, 6.45) is 3.62. The highest BCUT2D eigenvalue weighted by Gasteiger charge is 2.30. The lowest BCUT2D eigenvalue weighted by molar-refractivity contribution is -0.137. The highest BCUT2D eigenvalue weighted by Crippen LogP contribution is 2.31. The first kappa shape index (κ1) is 32.1. The van der Waals surface area contributed by atoms with E-state index in [1.807, 2.05) is 72.0 Å². The smallest absolute Gasteiger partial charge is 0.357 e. The molecule has 0 aliphatic carbocycles. The van der Waals surface area contributed by atoms with Gasteiger partial charge in [-0.25, -0.2) is 9.37 Å². The van der Waals surface area contributed by atoms with Crippen LogP contribution in [0.25, 0.3) is 11.1 Å². The summed E-state index contributed by atoms with van der Waals surface area (Å²) in [5.74, 6) is 0.966. The number of aromatic nitrogens is 5. The molecular weight excluding hydrogens is 626 g/mol. The van der Waals surface area contributed by atoms with Gasteiger partial charge in [-0.05, 0) is 65.1 Å². The zero-order valence-corrected chi connectivity index (χ0v) is 26.5. The van der Waals surface area contributed by atoms with Gasteiger partial charge in [-0.1, -0.05) is 60.3 Å². The Balaban J connectivity index is 1.25. The molecule has 0 aliphatic rings. The molecule has 0 aliphatic heterocycles. The molecule has 0 saturated heterocycles.